The standard InChI is InChI=1S/C24H29NO6S/c1-3-17-16-20(8-11-22(17)29-14-15-30-32(2,27)28)25-13-12-23(24(25)26)31-21-9-6-19(7-10-21)18-4-5-18/h6-11,16,18,23H,3-5,12-15H2,1-2H3/t23-/m1/s1. The summed E-state index contributed by atoms with van der Waals surface area (Å²) in [6.07, 6.45) is 4.38. The van der Waals surface area contributed by atoms with Crippen molar-refractivity contribution < 1.29 is 26.9 Å². The fourth-order valence-corrected chi connectivity index (χ4v) is 4.28. The molecular formula is C24H29NO6S. The summed E-state index contributed by atoms with van der Waals surface area (Å²) in [5.41, 5.74) is 3.09. The lowest BCUT2D eigenvalue weighted by molar-refractivity contribution is -0.122. The predicted octanol–water partition coefficient (Wildman–Crippen LogP) is 3.67. The number of benzene rings is 2. The molecule has 1 aliphatic heterocycles. The van der Waals surface area contributed by atoms with Crippen molar-refractivity contribution >= 4 is 21.7 Å². The maximum Gasteiger partial charge on any atom is 0.268 e. The van der Waals surface area contributed by atoms with Crippen molar-refractivity contribution in [2.24, 2.45) is 0 Å². The van der Waals surface area contributed by atoms with E-state index in [0.29, 0.717) is 31.1 Å². The Morgan fingerprint density at radius 1 is 1.03 bits per heavy atom. The number of carbonyl (C=O) groups is 1. The molecule has 0 bridgehead atoms. The predicted molar refractivity (Wildman–Crippen MR) is 122 cm³/mol. The number of rotatable bonds is 10. The van der Waals surface area contributed by atoms with Crippen molar-refractivity contribution in [1.82, 2.24) is 0 Å². The summed E-state index contributed by atoms with van der Waals surface area (Å²) in [5, 5.41) is 0. The summed E-state index contributed by atoms with van der Waals surface area (Å²) >= 11 is 0. The number of hydrogen-bond donors (Lipinski definition) is 0. The molecule has 0 spiro atoms. The van der Waals surface area contributed by atoms with E-state index in [1.807, 2.05) is 37.3 Å². The van der Waals surface area contributed by atoms with E-state index >= 15 is 0 Å². The molecule has 7 nitrogen and oxygen atoms in total. The molecule has 1 saturated heterocycles. The van der Waals surface area contributed by atoms with Crippen molar-refractivity contribution in [3.63, 3.8) is 0 Å². The van der Waals surface area contributed by atoms with Gasteiger partial charge in [-0.15, -0.1) is 0 Å². The van der Waals surface area contributed by atoms with Crippen LogP contribution in [0.1, 0.15) is 43.2 Å². The highest BCUT2D eigenvalue weighted by molar-refractivity contribution is 7.85. The SMILES string of the molecule is CCc1cc(N2CC[C@@H](Oc3ccc(C4CC4)cc3)C2=O)ccc1OCCOS(C)(=O)=O. The van der Waals surface area contributed by atoms with Crippen LogP contribution in [0.3, 0.4) is 0 Å². The van der Waals surface area contributed by atoms with Crippen molar-refractivity contribution in [2.45, 2.75) is 44.6 Å². The molecule has 172 valence electrons. The van der Waals surface area contributed by atoms with Gasteiger partial charge in [0.1, 0.15) is 24.7 Å². The molecule has 2 aromatic rings. The van der Waals surface area contributed by atoms with Crippen LogP contribution in [0.2, 0.25) is 0 Å². The van der Waals surface area contributed by atoms with Crippen molar-refractivity contribution in [3.8, 4) is 11.5 Å². The summed E-state index contributed by atoms with van der Waals surface area (Å²) in [6, 6.07) is 13.7. The zero-order valence-electron chi connectivity index (χ0n) is 18.5. The largest absolute Gasteiger partial charge is 0.491 e. The van der Waals surface area contributed by atoms with Gasteiger partial charge in [0.05, 0.1) is 6.26 Å². The molecule has 8 heteroatoms. The first kappa shape index (κ1) is 22.6. The van der Waals surface area contributed by atoms with Gasteiger partial charge in [0.2, 0.25) is 0 Å². The third kappa shape index (κ3) is 5.61. The highest BCUT2D eigenvalue weighted by Gasteiger charge is 2.34. The first-order valence-corrected chi connectivity index (χ1v) is 12.8. The van der Waals surface area contributed by atoms with E-state index in [1.165, 1.54) is 18.4 Å². The molecule has 2 aromatic carbocycles. The molecule has 0 radical (unpaired) electrons. The van der Waals surface area contributed by atoms with Crippen LogP contribution in [0.25, 0.3) is 0 Å². The first-order valence-electron chi connectivity index (χ1n) is 11.0. The second kappa shape index (κ2) is 9.50. The molecule has 32 heavy (non-hydrogen) atoms. The van der Waals surface area contributed by atoms with Crippen LogP contribution in [0.15, 0.2) is 42.5 Å². The van der Waals surface area contributed by atoms with Gasteiger partial charge in [0.15, 0.2) is 6.10 Å². The van der Waals surface area contributed by atoms with Crippen molar-refractivity contribution in [2.75, 3.05) is 30.9 Å². The Balaban J connectivity index is 1.37. The minimum absolute atomic E-state index is 0.0466. The number of ether oxygens (including phenoxy) is 2. The van der Waals surface area contributed by atoms with Crippen LogP contribution in [0.4, 0.5) is 5.69 Å². The van der Waals surface area contributed by atoms with E-state index in [0.717, 1.165) is 23.3 Å². The Labute approximate surface area is 189 Å². The Hall–Kier alpha value is -2.58. The highest BCUT2D eigenvalue weighted by atomic mass is 32.2. The lowest BCUT2D eigenvalue weighted by Gasteiger charge is -2.19. The zero-order chi connectivity index (χ0) is 22.7. The van der Waals surface area contributed by atoms with Crippen LogP contribution in [0.5, 0.6) is 11.5 Å². The maximum atomic E-state index is 13.0. The fourth-order valence-electron chi connectivity index (χ4n) is 3.91. The molecule has 1 heterocycles. The number of amides is 1. The molecule has 1 saturated carbocycles. The van der Waals surface area contributed by atoms with E-state index in [-0.39, 0.29) is 19.1 Å². The minimum Gasteiger partial charge on any atom is -0.491 e. The molecule has 0 N–H and O–H groups in total. The van der Waals surface area contributed by atoms with Gasteiger partial charge < -0.3 is 14.4 Å². The molecule has 1 aliphatic carbocycles. The Bertz CT molecular complexity index is 1060. The number of hydrogen-bond acceptors (Lipinski definition) is 6. The van der Waals surface area contributed by atoms with Crippen LogP contribution in [-0.2, 0) is 25.5 Å². The van der Waals surface area contributed by atoms with Crippen LogP contribution in [-0.4, -0.2) is 46.4 Å². The van der Waals surface area contributed by atoms with Crippen molar-refractivity contribution in [1.29, 1.82) is 0 Å². The monoisotopic (exact) mass is 459 g/mol. The van der Waals surface area contributed by atoms with Gasteiger partial charge in [-0.3, -0.25) is 8.98 Å². The zero-order valence-corrected chi connectivity index (χ0v) is 19.3. The second-order valence-electron chi connectivity index (χ2n) is 8.25. The second-order valence-corrected chi connectivity index (χ2v) is 9.89. The molecule has 0 unspecified atom stereocenters. The lowest BCUT2D eigenvalue weighted by Crippen LogP contribution is -2.32. The van der Waals surface area contributed by atoms with E-state index in [2.05, 4.69) is 12.1 Å². The third-order valence-electron chi connectivity index (χ3n) is 5.74. The molecule has 4 rings (SSSR count). The number of carbonyl (C=O) groups excluding carboxylic acids is 1. The van der Waals surface area contributed by atoms with Gasteiger partial charge in [-0.05, 0) is 66.6 Å². The topological polar surface area (TPSA) is 82.1 Å². The fraction of sp³-hybridized carbons (Fsp3) is 0.458. The quantitative estimate of drug-likeness (QED) is 0.398. The molecule has 0 aromatic heterocycles. The molecule has 2 aliphatic rings. The summed E-state index contributed by atoms with van der Waals surface area (Å²) in [6.45, 7) is 2.67. The van der Waals surface area contributed by atoms with E-state index < -0.39 is 16.2 Å². The van der Waals surface area contributed by atoms with Gasteiger partial charge in [-0.1, -0.05) is 19.1 Å². The average Bonchev–Trinajstić information content (AvgIpc) is 3.56. The lowest BCUT2D eigenvalue weighted by atomic mass is 10.1. The third-order valence-corrected chi connectivity index (χ3v) is 6.33. The van der Waals surface area contributed by atoms with E-state index in [4.69, 9.17) is 13.7 Å². The number of anilines is 1. The van der Waals surface area contributed by atoms with Gasteiger partial charge >= 0.3 is 0 Å². The summed E-state index contributed by atoms with van der Waals surface area (Å²) in [5.74, 6) is 2.03. The first-order chi connectivity index (χ1) is 15.3. The summed E-state index contributed by atoms with van der Waals surface area (Å²) in [4.78, 5) is 14.7. The van der Waals surface area contributed by atoms with Crippen LogP contribution >= 0.6 is 0 Å². The van der Waals surface area contributed by atoms with E-state index in [9.17, 15) is 13.2 Å². The van der Waals surface area contributed by atoms with Gasteiger partial charge in [-0.2, -0.15) is 8.42 Å². The Morgan fingerprint density at radius 2 is 1.78 bits per heavy atom. The molecule has 2 fully saturated rings. The number of nitrogens with zero attached hydrogens (tertiary/aromatic N) is 1. The Morgan fingerprint density at radius 3 is 2.44 bits per heavy atom. The van der Waals surface area contributed by atoms with Gasteiger partial charge in [0.25, 0.3) is 16.0 Å². The highest BCUT2D eigenvalue weighted by Crippen LogP contribution is 2.40. The summed E-state index contributed by atoms with van der Waals surface area (Å²) < 4.78 is 38.5. The van der Waals surface area contributed by atoms with Gasteiger partial charge in [0, 0.05) is 18.7 Å². The minimum atomic E-state index is -3.49. The Kier molecular flexibility index (Phi) is 6.71. The van der Waals surface area contributed by atoms with Crippen LogP contribution < -0.4 is 14.4 Å². The number of aryl methyl sites for hydroxylation is 1. The summed E-state index contributed by atoms with van der Waals surface area (Å²) in [7, 11) is -3.49. The smallest absolute Gasteiger partial charge is 0.268 e. The average molecular weight is 460 g/mol. The molecule has 1 amide bonds. The van der Waals surface area contributed by atoms with E-state index in [1.54, 1.807) is 4.90 Å². The normalized spacial score (nSPS) is 18.8. The van der Waals surface area contributed by atoms with Crippen LogP contribution in [0, 0.1) is 0 Å². The van der Waals surface area contributed by atoms with Crippen molar-refractivity contribution in [3.05, 3.63) is 53.6 Å². The molecular weight excluding hydrogens is 430 g/mol. The van der Waals surface area contributed by atoms with Gasteiger partial charge in [-0.25, -0.2) is 0 Å². The molecule has 1 atom stereocenters. The maximum absolute atomic E-state index is 13.0.